The fourth-order valence-corrected chi connectivity index (χ4v) is 2.26. The molecule has 0 aliphatic carbocycles. The quantitative estimate of drug-likeness (QED) is 0.779. The third-order valence-electron chi connectivity index (χ3n) is 2.68. The van der Waals surface area contributed by atoms with Crippen molar-refractivity contribution in [3.8, 4) is 0 Å². The number of amides is 1. The fourth-order valence-electron chi connectivity index (χ4n) is 1.67. The maximum absolute atomic E-state index is 13.5. The first-order chi connectivity index (χ1) is 9.88. The molecule has 2 aromatic carbocycles. The first-order valence-electron chi connectivity index (χ1n) is 5.74. The van der Waals surface area contributed by atoms with Gasteiger partial charge >= 0.3 is 0 Å². The molecule has 0 atom stereocenters. The van der Waals surface area contributed by atoms with Crippen LogP contribution in [0, 0.1) is 5.82 Å². The molecule has 7 heteroatoms. The van der Waals surface area contributed by atoms with E-state index in [1.165, 1.54) is 18.2 Å². The lowest BCUT2D eigenvalue weighted by Crippen LogP contribution is -2.17. The van der Waals surface area contributed by atoms with Gasteiger partial charge in [0.25, 0.3) is 5.91 Å². The lowest BCUT2D eigenvalue weighted by atomic mass is 10.1. The van der Waals surface area contributed by atoms with Crippen molar-refractivity contribution in [3.63, 3.8) is 0 Å². The first kappa shape index (κ1) is 15.9. The van der Waals surface area contributed by atoms with Gasteiger partial charge in [-0.15, -0.1) is 0 Å². The SMILES string of the molecule is NC(=S)c1ccc(Cl)cc1NC(=O)c1ccc(Br)c(F)c1. The molecule has 3 N–H and O–H groups in total. The molecular weight excluding hydrogens is 379 g/mol. The van der Waals surface area contributed by atoms with Crippen molar-refractivity contribution in [2.24, 2.45) is 5.73 Å². The number of hydrogen-bond acceptors (Lipinski definition) is 2. The van der Waals surface area contributed by atoms with E-state index in [9.17, 15) is 9.18 Å². The van der Waals surface area contributed by atoms with Crippen molar-refractivity contribution in [2.45, 2.75) is 0 Å². The maximum atomic E-state index is 13.5. The van der Waals surface area contributed by atoms with Gasteiger partial charge in [-0.2, -0.15) is 0 Å². The molecule has 1 amide bonds. The van der Waals surface area contributed by atoms with Crippen molar-refractivity contribution < 1.29 is 9.18 Å². The fraction of sp³-hybridized carbons (Fsp3) is 0. The Bertz CT molecular complexity index is 739. The summed E-state index contributed by atoms with van der Waals surface area (Å²) in [5.74, 6) is -1.01. The Labute approximate surface area is 139 Å². The Kier molecular flexibility index (Phi) is 4.92. The standard InChI is InChI=1S/C14H9BrClFN2OS/c15-10-4-1-7(5-11(10)17)14(20)19-12-6-8(16)2-3-9(12)13(18)21/h1-6H,(H2,18,21)(H,19,20). The van der Waals surface area contributed by atoms with Gasteiger partial charge in [0.05, 0.1) is 10.2 Å². The summed E-state index contributed by atoms with van der Waals surface area (Å²) >= 11 is 13.8. The molecular formula is C14H9BrClFN2OS. The van der Waals surface area contributed by atoms with E-state index in [-0.39, 0.29) is 15.0 Å². The molecule has 0 saturated heterocycles. The molecule has 0 aliphatic rings. The average molecular weight is 388 g/mol. The number of carbonyl (C=O) groups is 1. The maximum Gasteiger partial charge on any atom is 0.255 e. The van der Waals surface area contributed by atoms with E-state index in [2.05, 4.69) is 21.2 Å². The van der Waals surface area contributed by atoms with Crippen LogP contribution >= 0.6 is 39.7 Å². The smallest absolute Gasteiger partial charge is 0.255 e. The third-order valence-corrected chi connectivity index (χ3v) is 3.78. The second-order valence-corrected chi connectivity index (χ2v) is 5.87. The van der Waals surface area contributed by atoms with Gasteiger partial charge in [-0.3, -0.25) is 4.79 Å². The molecule has 2 rings (SSSR count). The van der Waals surface area contributed by atoms with Crippen LogP contribution in [0.4, 0.5) is 10.1 Å². The molecule has 2 aromatic rings. The Morgan fingerprint density at radius 2 is 2.00 bits per heavy atom. The number of benzene rings is 2. The monoisotopic (exact) mass is 386 g/mol. The highest BCUT2D eigenvalue weighted by atomic mass is 79.9. The summed E-state index contributed by atoms with van der Waals surface area (Å²) in [5, 5.41) is 3.05. The van der Waals surface area contributed by atoms with E-state index < -0.39 is 11.7 Å². The molecule has 108 valence electrons. The molecule has 0 aromatic heterocycles. The molecule has 0 bridgehead atoms. The molecule has 0 heterocycles. The Morgan fingerprint density at radius 3 is 2.62 bits per heavy atom. The Hall–Kier alpha value is -1.50. The van der Waals surface area contributed by atoms with Crippen LogP contribution in [0.25, 0.3) is 0 Å². The minimum atomic E-state index is -0.525. The minimum absolute atomic E-state index is 0.129. The second kappa shape index (κ2) is 6.51. The number of nitrogens with one attached hydrogen (secondary N) is 1. The molecule has 0 radical (unpaired) electrons. The lowest BCUT2D eigenvalue weighted by Gasteiger charge is -2.11. The van der Waals surface area contributed by atoms with Crippen LogP contribution in [0.3, 0.4) is 0 Å². The molecule has 3 nitrogen and oxygen atoms in total. The number of rotatable bonds is 3. The van der Waals surface area contributed by atoms with E-state index in [0.717, 1.165) is 6.07 Å². The summed E-state index contributed by atoms with van der Waals surface area (Å²) in [4.78, 5) is 12.3. The van der Waals surface area contributed by atoms with Crippen LogP contribution in [0.15, 0.2) is 40.9 Å². The number of halogens is 3. The van der Waals surface area contributed by atoms with Crippen molar-refractivity contribution >= 4 is 56.3 Å². The Balaban J connectivity index is 2.33. The first-order valence-corrected chi connectivity index (χ1v) is 7.32. The summed E-state index contributed by atoms with van der Waals surface area (Å²) in [6.45, 7) is 0. The topological polar surface area (TPSA) is 55.1 Å². The summed E-state index contributed by atoms with van der Waals surface area (Å²) < 4.78 is 13.7. The van der Waals surface area contributed by atoms with Gasteiger partial charge in [0.1, 0.15) is 10.8 Å². The van der Waals surface area contributed by atoms with Gasteiger partial charge in [0.15, 0.2) is 0 Å². The summed E-state index contributed by atoms with van der Waals surface area (Å²) in [6.07, 6.45) is 0. The van der Waals surface area contributed by atoms with E-state index in [1.54, 1.807) is 12.1 Å². The number of anilines is 1. The van der Waals surface area contributed by atoms with Crippen molar-refractivity contribution in [1.29, 1.82) is 0 Å². The number of carbonyl (C=O) groups excluding carboxylic acids is 1. The predicted molar refractivity (Wildman–Crippen MR) is 89.4 cm³/mol. The number of hydrogen-bond donors (Lipinski definition) is 2. The largest absolute Gasteiger partial charge is 0.389 e. The van der Waals surface area contributed by atoms with Gasteiger partial charge < -0.3 is 11.1 Å². The molecule has 21 heavy (non-hydrogen) atoms. The van der Waals surface area contributed by atoms with Crippen LogP contribution in [0.1, 0.15) is 15.9 Å². The van der Waals surface area contributed by atoms with Crippen LogP contribution in [0.5, 0.6) is 0 Å². The highest BCUT2D eigenvalue weighted by Gasteiger charge is 2.13. The molecule has 0 fully saturated rings. The molecule has 0 aliphatic heterocycles. The van der Waals surface area contributed by atoms with Crippen LogP contribution in [-0.2, 0) is 0 Å². The van der Waals surface area contributed by atoms with Gasteiger partial charge in [-0.05, 0) is 52.3 Å². The highest BCUT2D eigenvalue weighted by Crippen LogP contribution is 2.23. The van der Waals surface area contributed by atoms with Crippen LogP contribution < -0.4 is 11.1 Å². The average Bonchev–Trinajstić information content (AvgIpc) is 2.41. The highest BCUT2D eigenvalue weighted by molar-refractivity contribution is 9.10. The van der Waals surface area contributed by atoms with Gasteiger partial charge in [0.2, 0.25) is 0 Å². The van der Waals surface area contributed by atoms with Gasteiger partial charge in [-0.1, -0.05) is 23.8 Å². The third kappa shape index (κ3) is 3.78. The van der Waals surface area contributed by atoms with Crippen molar-refractivity contribution in [3.05, 3.63) is 62.8 Å². The predicted octanol–water partition coefficient (Wildman–Crippen LogP) is 4.13. The molecule has 0 spiro atoms. The van der Waals surface area contributed by atoms with Gasteiger partial charge in [-0.25, -0.2) is 4.39 Å². The zero-order chi connectivity index (χ0) is 15.6. The van der Waals surface area contributed by atoms with Crippen LogP contribution in [-0.4, -0.2) is 10.9 Å². The molecule has 0 saturated carbocycles. The zero-order valence-electron chi connectivity index (χ0n) is 10.5. The zero-order valence-corrected chi connectivity index (χ0v) is 13.7. The summed E-state index contributed by atoms with van der Waals surface area (Å²) in [5.41, 5.74) is 6.63. The lowest BCUT2D eigenvalue weighted by molar-refractivity contribution is 0.102. The van der Waals surface area contributed by atoms with Crippen molar-refractivity contribution in [1.82, 2.24) is 0 Å². The number of thiocarbonyl (C=S) groups is 1. The van der Waals surface area contributed by atoms with E-state index in [1.807, 2.05) is 0 Å². The Morgan fingerprint density at radius 1 is 1.29 bits per heavy atom. The van der Waals surface area contributed by atoms with Crippen LogP contribution in [0.2, 0.25) is 5.02 Å². The molecule has 0 unspecified atom stereocenters. The van der Waals surface area contributed by atoms with E-state index >= 15 is 0 Å². The normalized spacial score (nSPS) is 10.2. The van der Waals surface area contributed by atoms with E-state index in [4.69, 9.17) is 29.6 Å². The number of nitrogens with two attached hydrogens (primary N) is 1. The second-order valence-electron chi connectivity index (χ2n) is 4.14. The minimum Gasteiger partial charge on any atom is -0.389 e. The van der Waals surface area contributed by atoms with Gasteiger partial charge in [0, 0.05) is 16.1 Å². The summed E-state index contributed by atoms with van der Waals surface area (Å²) in [6, 6.07) is 8.84. The van der Waals surface area contributed by atoms with E-state index in [0.29, 0.717) is 16.3 Å². The summed E-state index contributed by atoms with van der Waals surface area (Å²) in [7, 11) is 0. The van der Waals surface area contributed by atoms with Crippen molar-refractivity contribution in [2.75, 3.05) is 5.32 Å².